The van der Waals surface area contributed by atoms with Crippen LogP contribution in [0, 0.1) is 0 Å². The van der Waals surface area contributed by atoms with Gasteiger partial charge in [0.1, 0.15) is 11.1 Å². The fourth-order valence-electron chi connectivity index (χ4n) is 2.84. The van der Waals surface area contributed by atoms with Crippen LogP contribution in [-0.2, 0) is 20.8 Å². The fraction of sp³-hybridized carbons (Fsp3) is 0.375. The molecule has 0 aromatic heterocycles. The second-order valence-electron chi connectivity index (χ2n) is 8.67. The molecular weight excluding hydrogens is 396 g/mol. The lowest BCUT2D eigenvalue weighted by Crippen LogP contribution is -2.55. The van der Waals surface area contributed by atoms with Crippen LogP contribution < -0.4 is 10.6 Å². The molecule has 2 rings (SSSR count). The van der Waals surface area contributed by atoms with Crippen molar-refractivity contribution in [2.24, 2.45) is 0 Å². The quantitative estimate of drug-likeness (QED) is 0.680. The third-order valence-corrected chi connectivity index (χ3v) is 4.43. The number of amides is 2. The molecule has 2 aromatic carbocycles. The van der Waals surface area contributed by atoms with Crippen LogP contribution in [0.5, 0.6) is 0 Å². The van der Waals surface area contributed by atoms with Crippen LogP contribution in [0.4, 0.5) is 4.79 Å². The van der Waals surface area contributed by atoms with Gasteiger partial charge in [-0.3, -0.25) is 4.79 Å². The Hall–Kier alpha value is -3.35. The molecule has 2 aromatic rings. The topological polar surface area (TPSA) is 93.7 Å². The summed E-state index contributed by atoms with van der Waals surface area (Å²) in [6.45, 7) is 8.78. The van der Waals surface area contributed by atoms with Crippen molar-refractivity contribution in [3.05, 3.63) is 59.7 Å². The van der Waals surface area contributed by atoms with Gasteiger partial charge in [-0.2, -0.15) is 0 Å². The maximum Gasteiger partial charge on any atom is 0.408 e. The van der Waals surface area contributed by atoms with Crippen LogP contribution in [0.1, 0.15) is 50.5 Å². The van der Waals surface area contributed by atoms with Crippen molar-refractivity contribution in [3.63, 3.8) is 0 Å². The molecule has 7 nitrogen and oxygen atoms in total. The molecule has 2 N–H and O–H groups in total. The zero-order chi connectivity index (χ0) is 23.2. The van der Waals surface area contributed by atoms with Gasteiger partial charge in [-0.05, 0) is 57.4 Å². The van der Waals surface area contributed by atoms with Crippen LogP contribution in [0.2, 0.25) is 0 Å². The summed E-state index contributed by atoms with van der Waals surface area (Å²) >= 11 is 0. The molecule has 2 amide bonds. The SMILES string of the molecule is COC(=O)c1ccccc1-c1ccc(CNC(=O)C(C)(C)NC(=O)OC(C)(C)C)cc1. The second kappa shape index (κ2) is 9.64. The fourth-order valence-corrected chi connectivity index (χ4v) is 2.84. The van der Waals surface area contributed by atoms with Gasteiger partial charge in [0.2, 0.25) is 5.91 Å². The molecule has 166 valence electrons. The minimum Gasteiger partial charge on any atom is -0.465 e. The van der Waals surface area contributed by atoms with Crippen LogP contribution in [-0.4, -0.2) is 36.2 Å². The zero-order valence-electron chi connectivity index (χ0n) is 18.9. The Bertz CT molecular complexity index is 943. The normalized spacial score (nSPS) is 11.4. The van der Waals surface area contributed by atoms with E-state index in [4.69, 9.17) is 9.47 Å². The first kappa shape index (κ1) is 23.9. The third-order valence-electron chi connectivity index (χ3n) is 4.43. The molecule has 0 saturated heterocycles. The Morgan fingerprint density at radius 3 is 2.10 bits per heavy atom. The van der Waals surface area contributed by atoms with Crippen LogP contribution in [0.15, 0.2) is 48.5 Å². The summed E-state index contributed by atoms with van der Waals surface area (Å²) in [7, 11) is 1.35. The predicted molar refractivity (Wildman–Crippen MR) is 119 cm³/mol. The molecule has 0 aliphatic heterocycles. The highest BCUT2D eigenvalue weighted by Gasteiger charge is 2.31. The Balaban J connectivity index is 2.02. The van der Waals surface area contributed by atoms with Gasteiger partial charge in [0.05, 0.1) is 12.7 Å². The molecule has 31 heavy (non-hydrogen) atoms. The van der Waals surface area contributed by atoms with Gasteiger partial charge in [-0.15, -0.1) is 0 Å². The highest BCUT2D eigenvalue weighted by molar-refractivity contribution is 5.97. The standard InChI is InChI=1S/C24H30N2O5/c1-23(2,3)31-22(29)26-24(4,5)21(28)25-15-16-11-13-17(14-12-16)18-9-7-8-10-19(18)20(27)30-6/h7-14H,15H2,1-6H3,(H,25,28)(H,26,29). The number of methoxy groups -OCH3 is 1. The second-order valence-corrected chi connectivity index (χ2v) is 8.67. The first-order valence-corrected chi connectivity index (χ1v) is 9.99. The summed E-state index contributed by atoms with van der Waals surface area (Å²) in [5.74, 6) is -0.731. The summed E-state index contributed by atoms with van der Waals surface area (Å²) in [4.78, 5) is 36.5. The van der Waals surface area contributed by atoms with Gasteiger partial charge >= 0.3 is 12.1 Å². The number of esters is 1. The van der Waals surface area contributed by atoms with E-state index in [-0.39, 0.29) is 12.5 Å². The van der Waals surface area contributed by atoms with Gasteiger partial charge in [0.25, 0.3) is 0 Å². The maximum absolute atomic E-state index is 12.5. The van der Waals surface area contributed by atoms with Crippen molar-refractivity contribution in [2.75, 3.05) is 7.11 Å². The van der Waals surface area contributed by atoms with E-state index in [2.05, 4.69) is 10.6 Å². The molecule has 7 heteroatoms. The number of carbonyl (C=O) groups is 3. The molecule has 0 fully saturated rings. The van der Waals surface area contributed by atoms with Crippen LogP contribution >= 0.6 is 0 Å². The predicted octanol–water partition coefficient (Wildman–Crippen LogP) is 4.06. The number of alkyl carbamates (subject to hydrolysis) is 1. The summed E-state index contributed by atoms with van der Waals surface area (Å²) in [6.07, 6.45) is -0.652. The first-order valence-electron chi connectivity index (χ1n) is 9.99. The van der Waals surface area contributed by atoms with Crippen molar-refractivity contribution in [1.82, 2.24) is 10.6 Å². The van der Waals surface area contributed by atoms with Crippen molar-refractivity contribution in [3.8, 4) is 11.1 Å². The van der Waals surface area contributed by atoms with Gasteiger partial charge in [0.15, 0.2) is 0 Å². The average molecular weight is 427 g/mol. The Kier molecular flexibility index (Phi) is 7.44. The maximum atomic E-state index is 12.5. The van der Waals surface area contributed by atoms with Crippen molar-refractivity contribution < 1.29 is 23.9 Å². The lowest BCUT2D eigenvalue weighted by molar-refractivity contribution is -0.126. The lowest BCUT2D eigenvalue weighted by atomic mass is 9.98. The third kappa shape index (κ3) is 6.84. The molecule has 0 bridgehead atoms. The molecule has 0 spiro atoms. The summed E-state index contributed by atoms with van der Waals surface area (Å²) < 4.78 is 10.1. The number of nitrogens with one attached hydrogen (secondary N) is 2. The van der Waals surface area contributed by atoms with E-state index in [1.54, 1.807) is 46.8 Å². The van der Waals surface area contributed by atoms with Gasteiger partial charge < -0.3 is 20.1 Å². The van der Waals surface area contributed by atoms with E-state index in [0.29, 0.717) is 5.56 Å². The molecule has 0 unspecified atom stereocenters. The largest absolute Gasteiger partial charge is 0.465 e. The van der Waals surface area contributed by atoms with E-state index >= 15 is 0 Å². The van der Waals surface area contributed by atoms with E-state index in [0.717, 1.165) is 16.7 Å². The van der Waals surface area contributed by atoms with Crippen molar-refractivity contribution >= 4 is 18.0 Å². The van der Waals surface area contributed by atoms with Crippen LogP contribution in [0.3, 0.4) is 0 Å². The summed E-state index contributed by atoms with van der Waals surface area (Å²) in [5.41, 5.74) is 1.21. The average Bonchev–Trinajstić information content (AvgIpc) is 2.69. The number of hydrogen-bond donors (Lipinski definition) is 2. The Labute approximate surface area is 183 Å². The van der Waals surface area contributed by atoms with E-state index in [9.17, 15) is 14.4 Å². The van der Waals surface area contributed by atoms with E-state index < -0.39 is 23.2 Å². The molecule has 0 atom stereocenters. The Morgan fingerprint density at radius 2 is 1.52 bits per heavy atom. The van der Waals surface area contributed by atoms with Gasteiger partial charge in [-0.1, -0.05) is 42.5 Å². The minimum atomic E-state index is -1.14. The minimum absolute atomic E-state index is 0.289. The Morgan fingerprint density at radius 1 is 0.903 bits per heavy atom. The van der Waals surface area contributed by atoms with E-state index in [1.165, 1.54) is 7.11 Å². The van der Waals surface area contributed by atoms with Crippen molar-refractivity contribution in [2.45, 2.75) is 52.3 Å². The first-order chi connectivity index (χ1) is 14.4. The molecule has 0 heterocycles. The monoisotopic (exact) mass is 426 g/mol. The summed E-state index contributed by atoms with van der Waals surface area (Å²) in [5, 5.41) is 5.41. The number of carbonyl (C=O) groups excluding carboxylic acids is 3. The molecular formula is C24H30N2O5. The van der Waals surface area contributed by atoms with E-state index in [1.807, 2.05) is 36.4 Å². The molecule has 0 aliphatic carbocycles. The summed E-state index contributed by atoms with van der Waals surface area (Å²) in [6, 6.07) is 14.7. The number of benzene rings is 2. The highest BCUT2D eigenvalue weighted by Crippen LogP contribution is 2.24. The van der Waals surface area contributed by atoms with Gasteiger partial charge in [-0.25, -0.2) is 9.59 Å². The van der Waals surface area contributed by atoms with Gasteiger partial charge in [0, 0.05) is 6.54 Å². The number of hydrogen-bond acceptors (Lipinski definition) is 5. The zero-order valence-corrected chi connectivity index (χ0v) is 18.9. The molecule has 0 saturated carbocycles. The molecule has 0 radical (unpaired) electrons. The number of rotatable bonds is 6. The lowest BCUT2D eigenvalue weighted by Gasteiger charge is -2.27. The molecule has 0 aliphatic rings. The van der Waals surface area contributed by atoms with Crippen molar-refractivity contribution in [1.29, 1.82) is 0 Å². The smallest absolute Gasteiger partial charge is 0.408 e. The number of ether oxygens (including phenoxy) is 2. The highest BCUT2D eigenvalue weighted by atomic mass is 16.6. The van der Waals surface area contributed by atoms with Crippen LogP contribution in [0.25, 0.3) is 11.1 Å².